The lowest BCUT2D eigenvalue weighted by atomic mass is 9.92. The topological polar surface area (TPSA) is 89.9 Å². The number of rotatable bonds is 4. The molecule has 86 valence electrons. The lowest BCUT2D eigenvalue weighted by molar-refractivity contribution is -0.156. The summed E-state index contributed by atoms with van der Waals surface area (Å²) in [5, 5.41) is 21.2. The molecule has 2 amide bonds. The van der Waals surface area contributed by atoms with Gasteiger partial charge in [0.1, 0.15) is 6.54 Å². The van der Waals surface area contributed by atoms with Crippen molar-refractivity contribution in [3.8, 4) is 0 Å². The van der Waals surface area contributed by atoms with E-state index in [2.05, 4.69) is 5.32 Å². The summed E-state index contributed by atoms with van der Waals surface area (Å²) in [6, 6.07) is -0.258. The second kappa shape index (κ2) is 5.67. The molecule has 0 aromatic heterocycles. The Bertz CT molecular complexity index is 234. The Kier molecular flexibility index (Phi) is 4.51. The fraction of sp³-hybridized carbons (Fsp3) is 0.778. The quantitative estimate of drug-likeness (QED) is 0.328. The summed E-state index contributed by atoms with van der Waals surface area (Å²) in [5.41, 5.74) is 0. The molecule has 3 N–H and O–H groups in total. The van der Waals surface area contributed by atoms with Gasteiger partial charge < -0.3 is 10.4 Å². The van der Waals surface area contributed by atoms with E-state index in [9.17, 15) is 14.7 Å². The molecule has 0 aliphatic heterocycles. The highest BCUT2D eigenvalue weighted by Crippen LogP contribution is 2.18. The second-order valence-electron chi connectivity index (χ2n) is 3.73. The highest BCUT2D eigenvalue weighted by molar-refractivity contribution is 5.79. The molecule has 0 aromatic rings. The molecular formula is C9H16N2O4. The molecule has 15 heavy (non-hydrogen) atoms. The highest BCUT2D eigenvalue weighted by atomic mass is 16.5. The minimum Gasteiger partial charge on any atom is -0.391 e. The van der Waals surface area contributed by atoms with E-state index in [1.807, 2.05) is 0 Å². The highest BCUT2D eigenvalue weighted by Gasteiger charge is 2.24. The van der Waals surface area contributed by atoms with Crippen molar-refractivity contribution in [2.75, 3.05) is 6.54 Å². The van der Waals surface area contributed by atoms with Gasteiger partial charge in [-0.3, -0.25) is 14.8 Å². The monoisotopic (exact) mass is 216 g/mol. The maximum atomic E-state index is 11.2. The van der Waals surface area contributed by atoms with E-state index in [1.165, 1.54) is 0 Å². The third kappa shape index (κ3) is 3.85. The van der Waals surface area contributed by atoms with Crippen LogP contribution in [0.2, 0.25) is 0 Å². The normalized spacial score (nSPS) is 25.7. The number of nitrogens with one attached hydrogen (secondary N) is 1. The predicted molar refractivity (Wildman–Crippen MR) is 51.0 cm³/mol. The zero-order valence-electron chi connectivity index (χ0n) is 8.43. The SMILES string of the molecule is O=CN(O)CC(=O)NC1CCCCC1O. The molecule has 1 aliphatic carbocycles. The molecule has 1 fully saturated rings. The smallest absolute Gasteiger partial charge is 0.242 e. The van der Waals surface area contributed by atoms with Gasteiger partial charge in [0.2, 0.25) is 12.3 Å². The summed E-state index contributed by atoms with van der Waals surface area (Å²) < 4.78 is 0. The van der Waals surface area contributed by atoms with E-state index < -0.39 is 18.6 Å². The van der Waals surface area contributed by atoms with Gasteiger partial charge in [-0.1, -0.05) is 12.8 Å². The van der Waals surface area contributed by atoms with Gasteiger partial charge in [-0.15, -0.1) is 0 Å². The summed E-state index contributed by atoms with van der Waals surface area (Å²) in [6.07, 6.45) is 3.00. The number of carbonyl (C=O) groups excluding carboxylic acids is 2. The Morgan fingerprint density at radius 1 is 1.47 bits per heavy atom. The number of carbonyl (C=O) groups is 2. The lowest BCUT2D eigenvalue weighted by Crippen LogP contribution is -2.47. The molecule has 1 saturated carbocycles. The van der Waals surface area contributed by atoms with Crippen LogP contribution >= 0.6 is 0 Å². The van der Waals surface area contributed by atoms with Crippen LogP contribution in [-0.2, 0) is 9.59 Å². The van der Waals surface area contributed by atoms with Gasteiger partial charge in [0.15, 0.2) is 0 Å². The van der Waals surface area contributed by atoms with Crippen molar-refractivity contribution in [1.29, 1.82) is 0 Å². The molecule has 2 atom stereocenters. The van der Waals surface area contributed by atoms with Crippen molar-refractivity contribution < 1.29 is 19.9 Å². The van der Waals surface area contributed by atoms with Gasteiger partial charge in [-0.05, 0) is 12.8 Å². The van der Waals surface area contributed by atoms with E-state index in [-0.39, 0.29) is 17.5 Å². The summed E-state index contributed by atoms with van der Waals surface area (Å²) in [6.45, 7) is -0.396. The Morgan fingerprint density at radius 3 is 2.73 bits per heavy atom. The van der Waals surface area contributed by atoms with Crippen LogP contribution in [0.3, 0.4) is 0 Å². The Morgan fingerprint density at radius 2 is 2.13 bits per heavy atom. The summed E-state index contributed by atoms with van der Waals surface area (Å²) >= 11 is 0. The van der Waals surface area contributed by atoms with Gasteiger partial charge in [-0.2, -0.15) is 0 Å². The molecular weight excluding hydrogens is 200 g/mol. The van der Waals surface area contributed by atoms with Crippen molar-refractivity contribution >= 4 is 12.3 Å². The van der Waals surface area contributed by atoms with E-state index in [1.54, 1.807) is 0 Å². The average Bonchev–Trinajstić information content (AvgIpc) is 2.21. The first-order valence-electron chi connectivity index (χ1n) is 5.01. The van der Waals surface area contributed by atoms with Crippen LogP contribution in [0.15, 0.2) is 0 Å². The standard InChI is InChI=1S/C9H16N2O4/c12-6-11(15)5-9(14)10-7-3-1-2-4-8(7)13/h6-8,13,15H,1-5H2,(H,10,14). The molecule has 1 aliphatic rings. The fourth-order valence-electron chi connectivity index (χ4n) is 1.72. The van der Waals surface area contributed by atoms with E-state index in [0.29, 0.717) is 6.42 Å². The molecule has 0 bridgehead atoms. The van der Waals surface area contributed by atoms with Crippen LogP contribution in [0.1, 0.15) is 25.7 Å². The largest absolute Gasteiger partial charge is 0.391 e. The van der Waals surface area contributed by atoms with Crippen molar-refractivity contribution in [1.82, 2.24) is 10.4 Å². The fourth-order valence-corrected chi connectivity index (χ4v) is 1.72. The number of hydrogen-bond acceptors (Lipinski definition) is 4. The van der Waals surface area contributed by atoms with Gasteiger partial charge >= 0.3 is 0 Å². The van der Waals surface area contributed by atoms with Crippen molar-refractivity contribution in [3.05, 3.63) is 0 Å². The van der Waals surface area contributed by atoms with Crippen LogP contribution < -0.4 is 5.32 Å². The number of aliphatic hydroxyl groups is 1. The molecule has 0 heterocycles. The summed E-state index contributed by atoms with van der Waals surface area (Å²) in [4.78, 5) is 21.3. The minimum absolute atomic E-state index is 0.164. The van der Waals surface area contributed by atoms with Crippen molar-refractivity contribution in [2.24, 2.45) is 0 Å². The number of amides is 2. The van der Waals surface area contributed by atoms with Crippen LogP contribution in [0.5, 0.6) is 0 Å². The molecule has 1 rings (SSSR count). The van der Waals surface area contributed by atoms with Gasteiger partial charge in [-0.25, -0.2) is 5.06 Å². The molecule has 0 radical (unpaired) electrons. The maximum Gasteiger partial charge on any atom is 0.242 e. The predicted octanol–water partition coefficient (Wildman–Crippen LogP) is -0.746. The van der Waals surface area contributed by atoms with Crippen LogP contribution in [0.4, 0.5) is 0 Å². The van der Waals surface area contributed by atoms with Gasteiger partial charge in [0.05, 0.1) is 12.1 Å². The average molecular weight is 216 g/mol. The van der Waals surface area contributed by atoms with Gasteiger partial charge in [0.25, 0.3) is 0 Å². The lowest BCUT2D eigenvalue weighted by Gasteiger charge is -2.28. The maximum absolute atomic E-state index is 11.2. The van der Waals surface area contributed by atoms with Crippen LogP contribution in [-0.4, -0.2) is 46.4 Å². The number of hydrogen-bond donors (Lipinski definition) is 3. The molecule has 0 spiro atoms. The first kappa shape index (κ1) is 11.9. The van der Waals surface area contributed by atoms with Gasteiger partial charge in [0, 0.05) is 0 Å². The molecule has 6 nitrogen and oxygen atoms in total. The molecule has 2 unspecified atom stereocenters. The molecule has 0 saturated heterocycles. The summed E-state index contributed by atoms with van der Waals surface area (Å²) in [7, 11) is 0. The summed E-state index contributed by atoms with van der Waals surface area (Å²) in [5.74, 6) is -0.462. The molecule has 0 aromatic carbocycles. The van der Waals surface area contributed by atoms with Crippen molar-refractivity contribution in [3.63, 3.8) is 0 Å². The third-order valence-electron chi connectivity index (χ3n) is 2.50. The minimum atomic E-state index is -0.522. The molecule has 6 heteroatoms. The number of nitrogens with zero attached hydrogens (tertiary/aromatic N) is 1. The zero-order chi connectivity index (χ0) is 11.3. The van der Waals surface area contributed by atoms with Crippen molar-refractivity contribution in [2.45, 2.75) is 37.8 Å². The van der Waals surface area contributed by atoms with E-state index >= 15 is 0 Å². The Labute approximate surface area is 87.8 Å². The third-order valence-corrected chi connectivity index (χ3v) is 2.50. The first-order valence-corrected chi connectivity index (χ1v) is 5.01. The first-order chi connectivity index (χ1) is 7.13. The zero-order valence-corrected chi connectivity index (χ0v) is 8.43. The Balaban J connectivity index is 2.32. The Hall–Kier alpha value is -1.14. The van der Waals surface area contributed by atoms with Crippen LogP contribution in [0, 0.1) is 0 Å². The van der Waals surface area contributed by atoms with E-state index in [4.69, 9.17) is 5.21 Å². The second-order valence-corrected chi connectivity index (χ2v) is 3.73. The number of aliphatic hydroxyl groups excluding tert-OH is 1. The van der Waals surface area contributed by atoms with Crippen LogP contribution in [0.25, 0.3) is 0 Å². The number of hydroxylamine groups is 2. The van der Waals surface area contributed by atoms with E-state index in [0.717, 1.165) is 19.3 Å².